The summed E-state index contributed by atoms with van der Waals surface area (Å²) in [5.74, 6) is 1.63. The van der Waals surface area contributed by atoms with Gasteiger partial charge in [0.1, 0.15) is 5.75 Å². The second-order valence-corrected chi connectivity index (χ2v) is 5.38. The average Bonchev–Trinajstić information content (AvgIpc) is 2.84. The van der Waals surface area contributed by atoms with Crippen molar-refractivity contribution in [1.29, 1.82) is 0 Å². The maximum atomic E-state index is 6.36. The Balaban J connectivity index is 2.17. The van der Waals surface area contributed by atoms with Crippen LogP contribution < -0.4 is 15.8 Å². The molecule has 0 saturated carbocycles. The van der Waals surface area contributed by atoms with Crippen molar-refractivity contribution in [2.24, 2.45) is 11.7 Å². The topological polar surface area (TPSA) is 47.3 Å². The van der Waals surface area contributed by atoms with Crippen molar-refractivity contribution >= 4 is 0 Å². The van der Waals surface area contributed by atoms with Crippen molar-refractivity contribution in [1.82, 2.24) is 5.32 Å². The minimum Gasteiger partial charge on any atom is -0.496 e. The van der Waals surface area contributed by atoms with Crippen molar-refractivity contribution in [3.63, 3.8) is 0 Å². The van der Waals surface area contributed by atoms with Crippen molar-refractivity contribution in [2.75, 3.05) is 20.2 Å². The molecular weight excluding hydrogens is 224 g/mol. The predicted molar refractivity (Wildman–Crippen MR) is 75.0 cm³/mol. The third kappa shape index (κ3) is 2.85. The molecule has 0 bridgehead atoms. The van der Waals surface area contributed by atoms with Crippen LogP contribution in [0.2, 0.25) is 0 Å². The van der Waals surface area contributed by atoms with Crippen molar-refractivity contribution in [3.8, 4) is 5.75 Å². The second-order valence-electron chi connectivity index (χ2n) is 5.38. The Morgan fingerprint density at radius 1 is 1.39 bits per heavy atom. The zero-order valence-electron chi connectivity index (χ0n) is 11.6. The zero-order chi connectivity index (χ0) is 13.1. The van der Waals surface area contributed by atoms with Gasteiger partial charge >= 0.3 is 0 Å². The van der Waals surface area contributed by atoms with Gasteiger partial charge in [-0.3, -0.25) is 0 Å². The van der Waals surface area contributed by atoms with Gasteiger partial charge < -0.3 is 15.8 Å². The fraction of sp³-hybridized carbons (Fsp3) is 0.600. The Bertz CT molecular complexity index is 411. The van der Waals surface area contributed by atoms with E-state index in [4.69, 9.17) is 10.5 Å². The summed E-state index contributed by atoms with van der Waals surface area (Å²) >= 11 is 0. The lowest BCUT2D eigenvalue weighted by molar-refractivity contribution is 0.396. The molecule has 2 unspecified atom stereocenters. The molecule has 0 aliphatic carbocycles. The molecule has 100 valence electrons. The van der Waals surface area contributed by atoms with Gasteiger partial charge in [0.2, 0.25) is 0 Å². The fourth-order valence-corrected chi connectivity index (χ4v) is 2.68. The van der Waals surface area contributed by atoms with Crippen LogP contribution in [0.5, 0.6) is 5.75 Å². The van der Waals surface area contributed by atoms with Gasteiger partial charge in [0.25, 0.3) is 0 Å². The van der Waals surface area contributed by atoms with E-state index < -0.39 is 0 Å². The van der Waals surface area contributed by atoms with E-state index in [0.29, 0.717) is 5.92 Å². The van der Waals surface area contributed by atoms with E-state index in [1.54, 1.807) is 7.11 Å². The van der Waals surface area contributed by atoms with E-state index in [2.05, 4.69) is 31.3 Å². The summed E-state index contributed by atoms with van der Waals surface area (Å²) in [6, 6.07) is 4.35. The van der Waals surface area contributed by atoms with Crippen LogP contribution >= 0.6 is 0 Å². The number of hydrogen-bond donors (Lipinski definition) is 2. The first kappa shape index (κ1) is 13.4. The number of benzene rings is 1. The number of hydrogen-bond acceptors (Lipinski definition) is 3. The van der Waals surface area contributed by atoms with Crippen LogP contribution in [0, 0.1) is 19.8 Å². The lowest BCUT2D eigenvalue weighted by Gasteiger charge is -2.20. The highest BCUT2D eigenvalue weighted by molar-refractivity contribution is 5.43. The molecule has 3 heteroatoms. The highest BCUT2D eigenvalue weighted by atomic mass is 16.5. The molecule has 0 radical (unpaired) electrons. The number of ether oxygens (including phenoxy) is 1. The largest absolute Gasteiger partial charge is 0.496 e. The summed E-state index contributed by atoms with van der Waals surface area (Å²) in [7, 11) is 1.72. The Morgan fingerprint density at radius 2 is 2.11 bits per heavy atom. The summed E-state index contributed by atoms with van der Waals surface area (Å²) in [4.78, 5) is 0. The van der Waals surface area contributed by atoms with E-state index in [9.17, 15) is 0 Å². The van der Waals surface area contributed by atoms with E-state index in [0.717, 1.165) is 30.8 Å². The summed E-state index contributed by atoms with van der Waals surface area (Å²) in [5, 5.41) is 3.39. The third-order valence-electron chi connectivity index (χ3n) is 4.00. The Morgan fingerprint density at radius 3 is 2.72 bits per heavy atom. The van der Waals surface area contributed by atoms with Crippen LogP contribution in [0.15, 0.2) is 12.1 Å². The lowest BCUT2D eigenvalue weighted by atomic mass is 9.92. The standard InChI is InChI=1S/C15H24N2O/c1-10-6-13(15(18-3)7-11(10)2)14(16)8-12-4-5-17-9-12/h6-7,12,14,17H,4-5,8-9,16H2,1-3H3. The van der Waals surface area contributed by atoms with Crippen LogP contribution in [0.4, 0.5) is 0 Å². The van der Waals surface area contributed by atoms with Crippen LogP contribution in [0.3, 0.4) is 0 Å². The molecule has 1 heterocycles. The highest BCUT2D eigenvalue weighted by Gasteiger charge is 2.21. The molecule has 2 rings (SSSR count). The SMILES string of the molecule is COc1cc(C)c(C)cc1C(N)CC1CCNC1. The Labute approximate surface area is 110 Å². The lowest BCUT2D eigenvalue weighted by Crippen LogP contribution is -2.18. The second kappa shape index (κ2) is 5.72. The summed E-state index contributed by atoms with van der Waals surface area (Å²) in [5.41, 5.74) is 10.0. The van der Waals surface area contributed by atoms with Crippen molar-refractivity contribution in [3.05, 3.63) is 28.8 Å². The molecule has 1 aromatic rings. The molecule has 0 spiro atoms. The van der Waals surface area contributed by atoms with Gasteiger partial charge in [-0.1, -0.05) is 6.07 Å². The first-order valence-electron chi connectivity index (χ1n) is 6.73. The molecule has 18 heavy (non-hydrogen) atoms. The molecule has 1 saturated heterocycles. The van der Waals surface area contributed by atoms with Gasteiger partial charge in [-0.25, -0.2) is 0 Å². The van der Waals surface area contributed by atoms with Crippen LogP contribution in [0.1, 0.15) is 35.6 Å². The molecule has 3 nitrogen and oxygen atoms in total. The van der Waals surface area contributed by atoms with Gasteiger partial charge in [0.05, 0.1) is 7.11 Å². The van der Waals surface area contributed by atoms with Gasteiger partial charge in [0.15, 0.2) is 0 Å². The minimum absolute atomic E-state index is 0.0733. The van der Waals surface area contributed by atoms with Crippen LogP contribution in [0.25, 0.3) is 0 Å². The number of nitrogens with one attached hydrogen (secondary N) is 1. The van der Waals surface area contributed by atoms with Crippen LogP contribution in [-0.4, -0.2) is 20.2 Å². The number of methoxy groups -OCH3 is 1. The molecule has 2 atom stereocenters. The maximum absolute atomic E-state index is 6.36. The fourth-order valence-electron chi connectivity index (χ4n) is 2.68. The Kier molecular flexibility index (Phi) is 4.25. The third-order valence-corrected chi connectivity index (χ3v) is 4.00. The normalized spacial score (nSPS) is 21.0. The van der Waals surface area contributed by atoms with Gasteiger partial charge in [-0.2, -0.15) is 0 Å². The highest BCUT2D eigenvalue weighted by Crippen LogP contribution is 2.31. The van der Waals surface area contributed by atoms with E-state index in [1.165, 1.54) is 17.5 Å². The van der Waals surface area contributed by atoms with Crippen molar-refractivity contribution < 1.29 is 4.74 Å². The van der Waals surface area contributed by atoms with E-state index in [1.807, 2.05) is 0 Å². The summed E-state index contributed by atoms with van der Waals surface area (Å²) in [6.45, 7) is 6.46. The number of aryl methyl sites for hydroxylation is 2. The number of rotatable bonds is 4. The molecule has 3 N–H and O–H groups in total. The minimum atomic E-state index is 0.0733. The molecule has 1 aliphatic rings. The van der Waals surface area contributed by atoms with Crippen molar-refractivity contribution in [2.45, 2.75) is 32.7 Å². The monoisotopic (exact) mass is 248 g/mol. The van der Waals surface area contributed by atoms with Gasteiger partial charge in [-0.05, 0) is 62.9 Å². The molecule has 1 aromatic carbocycles. The molecule has 0 amide bonds. The zero-order valence-corrected chi connectivity index (χ0v) is 11.6. The first-order valence-corrected chi connectivity index (χ1v) is 6.73. The first-order chi connectivity index (χ1) is 8.61. The molecule has 0 aromatic heterocycles. The quantitative estimate of drug-likeness (QED) is 0.859. The smallest absolute Gasteiger partial charge is 0.123 e. The van der Waals surface area contributed by atoms with Gasteiger partial charge in [0, 0.05) is 11.6 Å². The molecule has 1 aliphatic heterocycles. The predicted octanol–water partition coefficient (Wildman–Crippen LogP) is 2.31. The van der Waals surface area contributed by atoms with E-state index in [-0.39, 0.29) is 6.04 Å². The van der Waals surface area contributed by atoms with E-state index >= 15 is 0 Å². The molecular formula is C15H24N2O. The summed E-state index contributed by atoms with van der Waals surface area (Å²) < 4.78 is 5.47. The average molecular weight is 248 g/mol. The van der Waals surface area contributed by atoms with Gasteiger partial charge in [-0.15, -0.1) is 0 Å². The van der Waals surface area contributed by atoms with Crippen LogP contribution in [-0.2, 0) is 0 Å². The maximum Gasteiger partial charge on any atom is 0.123 e. The summed E-state index contributed by atoms with van der Waals surface area (Å²) in [6.07, 6.45) is 2.27. The number of nitrogens with two attached hydrogens (primary N) is 1. The molecule has 1 fully saturated rings. The Hall–Kier alpha value is -1.06.